The van der Waals surface area contributed by atoms with Gasteiger partial charge in [-0.2, -0.15) is 0 Å². The largest absolute Gasteiger partial charge is 0.480 e. The maximum absolute atomic E-state index is 15.1. The summed E-state index contributed by atoms with van der Waals surface area (Å²) in [5.74, 6) is -13.0. The number of fused-ring (bicyclic) bond motifs is 5. The number of aromatic nitrogens is 1. The van der Waals surface area contributed by atoms with Gasteiger partial charge < -0.3 is 91.1 Å². The van der Waals surface area contributed by atoms with Gasteiger partial charge in [0.05, 0.1) is 6.42 Å². The molecule has 3 aliphatic heterocycles. The van der Waals surface area contributed by atoms with Crippen molar-refractivity contribution in [3.8, 4) is 0 Å². The Morgan fingerprint density at radius 1 is 0.674 bits per heavy atom. The lowest BCUT2D eigenvalue weighted by Gasteiger charge is -2.31. The molecule has 0 radical (unpaired) electrons. The average molecular weight is 1340 g/mol. The number of para-hydroxylation sites is 1. The van der Waals surface area contributed by atoms with Crippen molar-refractivity contribution in [2.45, 2.75) is 145 Å². The Morgan fingerprint density at radius 3 is 1.90 bits per heavy atom. The van der Waals surface area contributed by atoms with Gasteiger partial charge in [0, 0.05) is 79.6 Å². The number of hydrogen-bond donors (Lipinski definition) is 16. The number of guanidine groups is 2. The highest BCUT2D eigenvalue weighted by atomic mass is 35.5. The first-order valence-electron chi connectivity index (χ1n) is 29.9. The number of aliphatic imine (C=N–C) groups is 2. The normalized spacial score (nSPS) is 24.8. The van der Waals surface area contributed by atoms with E-state index in [0.29, 0.717) is 27.1 Å². The fourth-order valence-electron chi connectivity index (χ4n) is 10.4. The molecule has 11 amide bonds. The molecule has 20 N–H and O–H groups in total. The molecule has 0 unspecified atom stereocenters. The number of nitrogens with one attached hydrogen (secondary N) is 11. The van der Waals surface area contributed by atoms with Gasteiger partial charge in [-0.3, -0.25) is 62.7 Å². The van der Waals surface area contributed by atoms with E-state index in [1.807, 2.05) is 0 Å². The number of aliphatic carboxylic acids is 1. The van der Waals surface area contributed by atoms with Gasteiger partial charge in [-0.1, -0.05) is 77.4 Å². The number of carboxylic acid groups (broad SMARTS) is 1. The number of rotatable bonds is 16. The molecule has 500 valence electrons. The number of nitrogens with zero attached hydrogens (tertiary/aromatic N) is 3. The SMILES string of the molecule is CC(=O)N[C@@H]1CSSC[C@H]2NC(=O)[C@H](CC(=O)NC[C@@H](C(=O)O)NC(=O)[C@@H]3CCCN3C(=O)[C@H](CCCN=C(N)N)NC(=O)[C@H](CC(C)C)NC(=O)[C@@H](CCCN=C(N)N)NC2=O)NC(=O)[C@@H](Cc2c[nH]c3ccccc23)NC(=O)[C@@H](Cc2ccc(Cl)cc2)NC1=O. The third-order valence-corrected chi connectivity index (χ3v) is 17.7. The van der Waals surface area contributed by atoms with E-state index in [-0.39, 0.29) is 107 Å². The Balaban J connectivity index is 1.47. The maximum Gasteiger partial charge on any atom is 0.328 e. The number of hydrogen-bond acceptors (Lipinski definition) is 16. The van der Waals surface area contributed by atoms with E-state index in [9.17, 15) is 53.1 Å². The summed E-state index contributed by atoms with van der Waals surface area (Å²) in [5, 5.41) is 37.6. The lowest BCUT2D eigenvalue weighted by atomic mass is 10.0. The molecule has 34 heteroatoms. The van der Waals surface area contributed by atoms with Crippen LogP contribution in [0, 0.1) is 5.92 Å². The monoisotopic (exact) mass is 1340 g/mol. The number of halogens is 1. The number of carbonyl (C=O) groups is 12. The van der Waals surface area contributed by atoms with Gasteiger partial charge in [0.1, 0.15) is 60.4 Å². The number of amides is 11. The van der Waals surface area contributed by atoms with Gasteiger partial charge in [0.25, 0.3) is 0 Å². The highest BCUT2D eigenvalue weighted by molar-refractivity contribution is 8.76. The number of carboxylic acids is 1. The van der Waals surface area contributed by atoms with Crippen LogP contribution in [-0.2, 0) is 70.4 Å². The first-order chi connectivity index (χ1) is 43.8. The number of nitrogens with two attached hydrogens (primary N) is 4. The highest BCUT2D eigenvalue weighted by Crippen LogP contribution is 2.26. The summed E-state index contributed by atoms with van der Waals surface area (Å²) in [5.41, 5.74) is 24.0. The Bertz CT molecular complexity index is 3240. The second-order valence-corrected chi connectivity index (χ2v) is 25.8. The molecule has 3 saturated heterocycles. The Hall–Kier alpha value is -8.85. The Morgan fingerprint density at radius 2 is 1.24 bits per heavy atom. The van der Waals surface area contributed by atoms with Crippen LogP contribution in [0.1, 0.15) is 83.3 Å². The van der Waals surface area contributed by atoms with Crippen LogP contribution in [0.15, 0.2) is 64.7 Å². The van der Waals surface area contributed by atoms with Crippen molar-refractivity contribution in [3.05, 3.63) is 70.9 Å². The molecule has 10 atom stereocenters. The van der Waals surface area contributed by atoms with Crippen LogP contribution in [-0.4, -0.2) is 196 Å². The summed E-state index contributed by atoms with van der Waals surface area (Å²) < 4.78 is 0. The summed E-state index contributed by atoms with van der Waals surface area (Å²) in [6, 6.07) is -1.90. The van der Waals surface area contributed by atoms with Crippen molar-refractivity contribution < 1.29 is 62.6 Å². The fraction of sp³-hybridized carbons (Fsp3) is 0.517. The van der Waals surface area contributed by atoms with E-state index >= 15 is 9.59 Å². The zero-order valence-corrected chi connectivity index (χ0v) is 53.4. The van der Waals surface area contributed by atoms with Crippen LogP contribution < -0.4 is 76.1 Å². The van der Waals surface area contributed by atoms with Gasteiger partial charge in [-0.15, -0.1) is 0 Å². The summed E-state index contributed by atoms with van der Waals surface area (Å²) in [6.45, 7) is 3.93. The molecule has 92 heavy (non-hydrogen) atoms. The van der Waals surface area contributed by atoms with Crippen molar-refractivity contribution in [3.63, 3.8) is 0 Å². The maximum atomic E-state index is 15.1. The molecular formula is C58H81ClN18O13S2. The van der Waals surface area contributed by atoms with Crippen LogP contribution in [0.25, 0.3) is 10.9 Å². The van der Waals surface area contributed by atoms with Crippen LogP contribution >= 0.6 is 33.2 Å². The number of H-pyrrole nitrogens is 1. The summed E-state index contributed by atoms with van der Waals surface area (Å²) in [4.78, 5) is 184. The Kier molecular flexibility index (Phi) is 27.6. The van der Waals surface area contributed by atoms with Crippen molar-refractivity contribution in [1.29, 1.82) is 0 Å². The minimum atomic E-state index is -1.94. The fourth-order valence-corrected chi connectivity index (χ4v) is 12.9. The van der Waals surface area contributed by atoms with Crippen LogP contribution in [0.3, 0.4) is 0 Å². The molecule has 3 aromatic rings. The molecule has 2 bridgehead atoms. The molecular weight excluding hydrogens is 1260 g/mol. The third kappa shape index (κ3) is 22.2. The number of benzene rings is 2. The first-order valence-corrected chi connectivity index (χ1v) is 32.8. The predicted octanol–water partition coefficient (Wildman–Crippen LogP) is -2.87. The lowest BCUT2D eigenvalue weighted by Crippen LogP contribution is -2.61. The van der Waals surface area contributed by atoms with Crippen LogP contribution in [0.5, 0.6) is 0 Å². The summed E-state index contributed by atoms with van der Waals surface area (Å²) in [7, 11) is 1.89. The second-order valence-electron chi connectivity index (χ2n) is 22.8. The summed E-state index contributed by atoms with van der Waals surface area (Å²) in [6.07, 6.45) is 0.511. The predicted molar refractivity (Wildman–Crippen MR) is 344 cm³/mol. The van der Waals surface area contributed by atoms with Gasteiger partial charge in [-0.05, 0) is 80.2 Å². The molecule has 2 aromatic carbocycles. The third-order valence-electron chi connectivity index (χ3n) is 15.1. The van der Waals surface area contributed by atoms with E-state index in [1.54, 1.807) is 68.6 Å². The molecule has 6 rings (SSSR count). The molecule has 0 saturated carbocycles. The average Bonchev–Trinajstić information content (AvgIpc) is 1.63. The van der Waals surface area contributed by atoms with Crippen molar-refractivity contribution in [2.75, 3.05) is 37.7 Å². The van der Waals surface area contributed by atoms with Crippen LogP contribution in [0.4, 0.5) is 0 Å². The van der Waals surface area contributed by atoms with E-state index in [2.05, 4.69) is 68.1 Å². The zero-order valence-electron chi connectivity index (χ0n) is 51.1. The minimum absolute atomic E-state index is 0.00822. The topological polar surface area (TPSA) is 493 Å². The van der Waals surface area contributed by atoms with Crippen molar-refractivity contribution in [2.24, 2.45) is 38.8 Å². The van der Waals surface area contributed by atoms with E-state index in [1.165, 1.54) is 11.8 Å². The molecule has 3 aliphatic rings. The lowest BCUT2D eigenvalue weighted by molar-refractivity contribution is -0.145. The minimum Gasteiger partial charge on any atom is -0.480 e. The van der Waals surface area contributed by atoms with Gasteiger partial charge in [0.2, 0.25) is 65.0 Å². The van der Waals surface area contributed by atoms with E-state index in [0.717, 1.165) is 21.6 Å². The molecule has 0 aliphatic carbocycles. The highest BCUT2D eigenvalue weighted by Gasteiger charge is 2.41. The molecule has 0 spiro atoms. The van der Waals surface area contributed by atoms with Gasteiger partial charge >= 0.3 is 5.97 Å². The number of carbonyl (C=O) groups excluding carboxylic acids is 11. The Labute approximate surface area is 543 Å². The van der Waals surface area contributed by atoms with E-state index < -0.39 is 144 Å². The standard InChI is InChI=1S/C58H81ClN18O13S2/c1-29(2)21-38-48(81)70-37(12-7-19-65-58(62)63)55(88)77-20-8-13-45(77)54(87)75-42(56(89)90)26-67-46(79)24-41-51(84)76-44(53(86)69-36(47(80)71-38)11-6-18-64-57(60)61)28-92-91-27-43(68-30(3)78)52(85)72-39(22-31-14-16-33(59)17-15-31)49(82)73-40(50(83)74-41)23-32-25-66-35-10-5-4-9-34(32)35/h4-5,9-10,14-17,25,29,36-45,66H,6-8,11-13,18-24,26-28H2,1-3H3,(H,67,79)(H,68,78)(H,69,86)(H,70,81)(H,71,80)(H,72,85)(H,73,82)(H,74,83)(H,75,87)(H,76,84)(H,89,90)(H4,60,61,64)(H4,62,63,65)/t36-,37+,38+,39-,40-,41+,42+,43-,44-,45+/m1/s1. The molecule has 4 heterocycles. The first kappa shape index (κ1) is 72.2. The quantitative estimate of drug-likeness (QED) is 0.0297. The number of aromatic amines is 1. The molecule has 3 fully saturated rings. The van der Waals surface area contributed by atoms with Crippen molar-refractivity contribution >= 4 is 127 Å². The zero-order chi connectivity index (χ0) is 67.2. The molecule has 1 aromatic heterocycles. The van der Waals surface area contributed by atoms with Gasteiger partial charge in [0.15, 0.2) is 11.9 Å². The van der Waals surface area contributed by atoms with Crippen molar-refractivity contribution in [1.82, 2.24) is 63.1 Å². The summed E-state index contributed by atoms with van der Waals surface area (Å²) >= 11 is 6.20. The molecule has 31 nitrogen and oxygen atoms in total. The smallest absolute Gasteiger partial charge is 0.328 e. The second kappa shape index (κ2) is 35.1. The van der Waals surface area contributed by atoms with E-state index in [4.69, 9.17) is 34.5 Å². The van der Waals surface area contributed by atoms with Gasteiger partial charge in [-0.25, -0.2) is 4.79 Å². The van der Waals surface area contributed by atoms with Crippen LogP contribution in [0.2, 0.25) is 5.02 Å².